The van der Waals surface area contributed by atoms with Crippen LogP contribution in [0.15, 0.2) is 6.20 Å². The van der Waals surface area contributed by atoms with Crippen molar-refractivity contribution < 1.29 is 14.7 Å². The summed E-state index contributed by atoms with van der Waals surface area (Å²) < 4.78 is 0. The number of amides is 1. The third-order valence-corrected chi connectivity index (χ3v) is 3.48. The Kier molecular flexibility index (Phi) is 2.78. The number of carbonyl (C=O) groups is 2. The minimum absolute atomic E-state index is 0.0262. The summed E-state index contributed by atoms with van der Waals surface area (Å²) in [5.41, 5.74) is 0. The van der Waals surface area contributed by atoms with E-state index in [0.717, 1.165) is 11.3 Å². The molecule has 1 amide bonds. The van der Waals surface area contributed by atoms with Gasteiger partial charge < -0.3 is 14.9 Å². The second kappa shape index (κ2) is 4.09. The summed E-state index contributed by atoms with van der Waals surface area (Å²) in [4.78, 5) is 29.8. The molecule has 1 saturated heterocycles. The largest absolute Gasteiger partial charge is 0.477 e. The normalized spacial score (nSPS) is 16.7. The third kappa shape index (κ3) is 1.99. The van der Waals surface area contributed by atoms with Crippen LogP contribution in [0.3, 0.4) is 0 Å². The summed E-state index contributed by atoms with van der Waals surface area (Å²) >= 11 is 1.10. The topological polar surface area (TPSA) is 73.7 Å². The van der Waals surface area contributed by atoms with E-state index in [2.05, 4.69) is 4.98 Å². The first kappa shape index (κ1) is 10.9. The maximum atomic E-state index is 11.5. The van der Waals surface area contributed by atoms with E-state index < -0.39 is 5.97 Å². The van der Waals surface area contributed by atoms with Gasteiger partial charge in [-0.1, -0.05) is 11.3 Å². The van der Waals surface area contributed by atoms with Gasteiger partial charge in [0.2, 0.25) is 5.91 Å². The summed E-state index contributed by atoms with van der Waals surface area (Å²) in [6.45, 7) is 1.60. The number of carboxylic acids is 1. The van der Waals surface area contributed by atoms with E-state index in [0.29, 0.717) is 18.2 Å². The van der Waals surface area contributed by atoms with E-state index in [4.69, 9.17) is 5.11 Å². The number of carboxylic acid groups (broad SMARTS) is 1. The molecule has 1 aliphatic heterocycles. The summed E-state index contributed by atoms with van der Waals surface area (Å²) in [5.74, 6) is -0.956. The lowest BCUT2D eigenvalue weighted by Gasteiger charge is -2.31. The van der Waals surface area contributed by atoms with Crippen molar-refractivity contribution in [2.75, 3.05) is 31.6 Å². The number of anilines is 1. The van der Waals surface area contributed by atoms with E-state index in [1.807, 2.05) is 0 Å². The molecule has 1 N–H and O–H groups in total. The highest BCUT2D eigenvalue weighted by Gasteiger charge is 2.23. The van der Waals surface area contributed by atoms with Gasteiger partial charge in [0.15, 0.2) is 5.13 Å². The first-order valence-corrected chi connectivity index (χ1v) is 5.57. The summed E-state index contributed by atoms with van der Waals surface area (Å²) in [6.07, 6.45) is 1.32. The number of aromatic carboxylic acids is 1. The molecule has 86 valence electrons. The number of hydrogen-bond acceptors (Lipinski definition) is 5. The Morgan fingerprint density at radius 1 is 1.56 bits per heavy atom. The van der Waals surface area contributed by atoms with Crippen LogP contribution in [-0.2, 0) is 4.79 Å². The van der Waals surface area contributed by atoms with E-state index in [1.165, 1.54) is 6.20 Å². The van der Waals surface area contributed by atoms with Crippen molar-refractivity contribution in [3.63, 3.8) is 0 Å². The van der Waals surface area contributed by atoms with Crippen molar-refractivity contribution in [1.29, 1.82) is 0 Å². The monoisotopic (exact) mass is 241 g/mol. The first-order chi connectivity index (χ1) is 7.58. The molecule has 1 aliphatic rings. The lowest BCUT2D eigenvalue weighted by Crippen LogP contribution is -2.48. The molecule has 0 aromatic carbocycles. The van der Waals surface area contributed by atoms with Crippen LogP contribution in [0, 0.1) is 0 Å². The van der Waals surface area contributed by atoms with Crippen LogP contribution in [0.5, 0.6) is 0 Å². The lowest BCUT2D eigenvalue weighted by atomic mass is 10.3. The first-order valence-electron chi connectivity index (χ1n) is 4.76. The molecule has 1 fully saturated rings. The Balaban J connectivity index is 2.12. The fourth-order valence-electron chi connectivity index (χ4n) is 1.43. The molecule has 0 unspecified atom stereocenters. The lowest BCUT2D eigenvalue weighted by molar-refractivity contribution is -0.129. The van der Waals surface area contributed by atoms with Crippen LogP contribution in [0.2, 0.25) is 0 Å². The van der Waals surface area contributed by atoms with Crippen molar-refractivity contribution >= 4 is 28.3 Å². The number of rotatable bonds is 2. The molecule has 16 heavy (non-hydrogen) atoms. The van der Waals surface area contributed by atoms with Gasteiger partial charge in [-0.3, -0.25) is 4.79 Å². The minimum Gasteiger partial charge on any atom is -0.477 e. The Labute approximate surface area is 96.1 Å². The quantitative estimate of drug-likeness (QED) is 0.796. The molecule has 2 heterocycles. The van der Waals surface area contributed by atoms with Gasteiger partial charge in [-0.15, -0.1) is 0 Å². The molecule has 1 aromatic rings. The van der Waals surface area contributed by atoms with Gasteiger partial charge in [-0.2, -0.15) is 0 Å². The zero-order valence-electron chi connectivity index (χ0n) is 8.71. The second-order valence-corrected chi connectivity index (χ2v) is 4.56. The number of thiazole rings is 1. The van der Waals surface area contributed by atoms with E-state index in [1.54, 1.807) is 16.8 Å². The van der Waals surface area contributed by atoms with Crippen molar-refractivity contribution in [3.05, 3.63) is 11.1 Å². The maximum Gasteiger partial charge on any atom is 0.347 e. The number of carbonyl (C=O) groups excluding carboxylic acids is 1. The molecule has 0 bridgehead atoms. The summed E-state index contributed by atoms with van der Waals surface area (Å²) in [7, 11) is 1.75. The number of nitrogens with zero attached hydrogens (tertiary/aromatic N) is 3. The van der Waals surface area contributed by atoms with Crippen LogP contribution in [0.4, 0.5) is 5.13 Å². The van der Waals surface area contributed by atoms with E-state index in [9.17, 15) is 9.59 Å². The average molecular weight is 241 g/mol. The average Bonchev–Trinajstić information content (AvgIpc) is 2.71. The van der Waals surface area contributed by atoms with Gasteiger partial charge in [0, 0.05) is 20.1 Å². The highest BCUT2D eigenvalue weighted by molar-refractivity contribution is 7.17. The Bertz CT molecular complexity index is 431. The fourth-order valence-corrected chi connectivity index (χ4v) is 2.21. The Morgan fingerprint density at radius 2 is 2.31 bits per heavy atom. The van der Waals surface area contributed by atoms with Crippen molar-refractivity contribution in [2.45, 2.75) is 0 Å². The SMILES string of the molecule is CN1CCN(c2ncc(C(=O)O)s2)CC1=O. The molecule has 1 aromatic heterocycles. The van der Waals surface area contributed by atoms with Crippen molar-refractivity contribution in [2.24, 2.45) is 0 Å². The molecule has 0 atom stereocenters. The molecule has 0 spiro atoms. The maximum absolute atomic E-state index is 11.5. The third-order valence-electron chi connectivity index (χ3n) is 2.43. The van der Waals surface area contributed by atoms with E-state index in [-0.39, 0.29) is 17.3 Å². The second-order valence-electron chi connectivity index (χ2n) is 3.55. The van der Waals surface area contributed by atoms with Crippen molar-refractivity contribution in [3.8, 4) is 0 Å². The molecule has 0 aliphatic carbocycles. The van der Waals surface area contributed by atoms with Crippen LogP contribution in [0.1, 0.15) is 9.67 Å². The predicted molar refractivity (Wildman–Crippen MR) is 58.9 cm³/mol. The van der Waals surface area contributed by atoms with E-state index >= 15 is 0 Å². The molecule has 2 rings (SSSR count). The van der Waals surface area contributed by atoms with Crippen LogP contribution in [0.25, 0.3) is 0 Å². The molecular formula is C9H11N3O3S. The van der Waals surface area contributed by atoms with Crippen LogP contribution >= 0.6 is 11.3 Å². The fraction of sp³-hybridized carbons (Fsp3) is 0.444. The van der Waals surface area contributed by atoms with Gasteiger partial charge in [0.25, 0.3) is 0 Å². The number of hydrogen-bond donors (Lipinski definition) is 1. The van der Waals surface area contributed by atoms with Gasteiger partial charge in [-0.25, -0.2) is 9.78 Å². The number of piperazine rings is 1. The smallest absolute Gasteiger partial charge is 0.347 e. The van der Waals surface area contributed by atoms with Gasteiger partial charge in [0.1, 0.15) is 4.88 Å². The highest BCUT2D eigenvalue weighted by atomic mass is 32.1. The minimum atomic E-state index is -0.982. The van der Waals surface area contributed by atoms with Crippen LogP contribution in [-0.4, -0.2) is 53.5 Å². The van der Waals surface area contributed by atoms with Gasteiger partial charge >= 0.3 is 5.97 Å². The Morgan fingerprint density at radius 3 is 2.88 bits per heavy atom. The van der Waals surface area contributed by atoms with Gasteiger partial charge in [-0.05, 0) is 0 Å². The summed E-state index contributed by atoms with van der Waals surface area (Å²) in [5, 5.41) is 9.36. The molecular weight excluding hydrogens is 230 g/mol. The molecule has 0 radical (unpaired) electrons. The zero-order valence-corrected chi connectivity index (χ0v) is 9.53. The molecule has 6 nitrogen and oxygen atoms in total. The van der Waals surface area contributed by atoms with Crippen molar-refractivity contribution in [1.82, 2.24) is 9.88 Å². The van der Waals surface area contributed by atoms with Crippen LogP contribution < -0.4 is 4.90 Å². The van der Waals surface area contributed by atoms with Gasteiger partial charge in [0.05, 0.1) is 12.7 Å². The predicted octanol–water partition coefficient (Wildman–Crippen LogP) is 0.120. The molecule has 7 heteroatoms. The standard InChI is InChI=1S/C9H11N3O3S/c1-11-2-3-12(5-7(11)13)9-10-4-6(16-9)8(14)15/h4H,2-3,5H2,1H3,(H,14,15). The summed E-state index contributed by atoms with van der Waals surface area (Å²) in [6, 6.07) is 0. The zero-order chi connectivity index (χ0) is 11.7. The number of aromatic nitrogens is 1. The highest BCUT2D eigenvalue weighted by Crippen LogP contribution is 2.23. The Hall–Kier alpha value is -1.63. The molecule has 0 saturated carbocycles. The number of likely N-dealkylation sites (N-methyl/N-ethyl adjacent to an activating group) is 1.